The minimum Gasteiger partial charge on any atom is -0.396 e. The number of aliphatic hydroxyl groups is 1. The summed E-state index contributed by atoms with van der Waals surface area (Å²) in [4.78, 5) is 10.8. The van der Waals surface area contributed by atoms with Gasteiger partial charge in [-0.3, -0.25) is 4.79 Å². The van der Waals surface area contributed by atoms with E-state index < -0.39 is 0 Å². The van der Waals surface area contributed by atoms with Crippen LogP contribution in [0.2, 0.25) is 0 Å². The van der Waals surface area contributed by atoms with Crippen LogP contribution >= 0.6 is 0 Å². The monoisotopic (exact) mass is 158 g/mol. The Kier molecular flexibility index (Phi) is 7.47. The zero-order valence-corrected chi connectivity index (χ0v) is 7.31. The lowest BCUT2D eigenvalue weighted by molar-refractivity contribution is -0.118. The lowest BCUT2D eigenvalue weighted by atomic mass is 10.1. The molecule has 0 atom stereocenters. The Bertz CT molecular complexity index is 99.7. The quantitative estimate of drug-likeness (QED) is 0.575. The van der Waals surface area contributed by atoms with Crippen LogP contribution in [0.4, 0.5) is 0 Å². The molecular weight excluding hydrogens is 140 g/mol. The van der Waals surface area contributed by atoms with Crippen molar-refractivity contribution in [3.63, 3.8) is 0 Å². The van der Waals surface area contributed by atoms with Crippen molar-refractivity contribution in [3.8, 4) is 0 Å². The van der Waals surface area contributed by atoms with Crippen LogP contribution in [0.3, 0.4) is 0 Å². The maximum Gasteiger partial charge on any atom is 0.132 e. The van der Waals surface area contributed by atoms with Crippen molar-refractivity contribution < 1.29 is 9.90 Å². The Morgan fingerprint density at radius 2 is 1.82 bits per heavy atom. The molecule has 0 fully saturated rings. The predicted octanol–water partition coefficient (Wildman–Crippen LogP) is 1.91. The van der Waals surface area contributed by atoms with Crippen LogP contribution in [-0.2, 0) is 4.79 Å². The normalized spacial score (nSPS) is 10.0. The molecule has 0 saturated heterocycles. The van der Waals surface area contributed by atoms with E-state index in [4.69, 9.17) is 5.11 Å². The molecule has 0 amide bonds. The molecule has 0 heterocycles. The highest BCUT2D eigenvalue weighted by Crippen LogP contribution is 2.03. The fraction of sp³-hybridized carbons (Fsp3) is 0.889. The van der Waals surface area contributed by atoms with Gasteiger partial charge in [0.05, 0.1) is 0 Å². The van der Waals surface area contributed by atoms with E-state index in [1.54, 1.807) is 0 Å². The minimum atomic E-state index is 0.279. The number of ketones is 1. The van der Waals surface area contributed by atoms with Gasteiger partial charge in [0.1, 0.15) is 5.78 Å². The summed E-state index contributed by atoms with van der Waals surface area (Å²) in [6, 6.07) is 0. The average molecular weight is 158 g/mol. The molecule has 1 N–H and O–H groups in total. The number of unbranched alkanes of at least 4 members (excludes halogenated alkanes) is 3. The number of hydrogen-bond donors (Lipinski definition) is 1. The molecule has 0 aliphatic heterocycles. The van der Waals surface area contributed by atoms with E-state index >= 15 is 0 Å². The lowest BCUT2D eigenvalue weighted by Crippen LogP contribution is -1.94. The summed E-state index contributed by atoms with van der Waals surface area (Å²) in [5.74, 6) is 0.356. The van der Waals surface area contributed by atoms with Crippen LogP contribution < -0.4 is 0 Å². The molecule has 0 saturated carbocycles. The molecule has 0 aliphatic carbocycles. The van der Waals surface area contributed by atoms with E-state index in [0.717, 1.165) is 32.1 Å². The third-order valence-corrected chi connectivity index (χ3v) is 1.76. The van der Waals surface area contributed by atoms with Gasteiger partial charge in [-0.15, -0.1) is 0 Å². The van der Waals surface area contributed by atoms with Gasteiger partial charge in [-0.2, -0.15) is 0 Å². The van der Waals surface area contributed by atoms with E-state index in [1.165, 1.54) is 0 Å². The molecule has 0 aliphatic rings. The predicted molar refractivity (Wildman–Crippen MR) is 45.5 cm³/mol. The second-order valence-corrected chi connectivity index (χ2v) is 2.78. The summed E-state index contributed by atoms with van der Waals surface area (Å²) in [7, 11) is 0. The van der Waals surface area contributed by atoms with Crippen molar-refractivity contribution in [2.24, 2.45) is 0 Å². The summed E-state index contributed by atoms with van der Waals surface area (Å²) in [6.45, 7) is 2.18. The number of Topliss-reactive ketones (excluding diaryl/α,β-unsaturated/α-hetero) is 1. The molecule has 2 heteroatoms. The van der Waals surface area contributed by atoms with Crippen LogP contribution in [-0.4, -0.2) is 17.5 Å². The summed E-state index contributed by atoms with van der Waals surface area (Å²) in [5.41, 5.74) is 0. The van der Waals surface area contributed by atoms with E-state index in [0.29, 0.717) is 12.2 Å². The third-order valence-electron chi connectivity index (χ3n) is 1.76. The highest BCUT2D eigenvalue weighted by Gasteiger charge is 1.96. The maximum atomic E-state index is 10.8. The van der Waals surface area contributed by atoms with Gasteiger partial charge in [-0.1, -0.05) is 19.8 Å². The van der Waals surface area contributed by atoms with Crippen LogP contribution in [0.5, 0.6) is 0 Å². The number of carbonyl (C=O) groups excluding carboxylic acids is 1. The molecule has 0 bridgehead atoms. The van der Waals surface area contributed by atoms with Gasteiger partial charge >= 0.3 is 0 Å². The highest BCUT2D eigenvalue weighted by molar-refractivity contribution is 5.77. The fourth-order valence-electron chi connectivity index (χ4n) is 0.964. The Labute approximate surface area is 68.6 Å². The van der Waals surface area contributed by atoms with Crippen molar-refractivity contribution in [2.45, 2.75) is 45.4 Å². The smallest absolute Gasteiger partial charge is 0.132 e. The summed E-state index contributed by atoms with van der Waals surface area (Å²) >= 11 is 0. The van der Waals surface area contributed by atoms with Gasteiger partial charge in [0, 0.05) is 19.4 Å². The maximum absolute atomic E-state index is 10.8. The Balaban J connectivity index is 2.95. The first-order chi connectivity index (χ1) is 5.31. The number of hydrogen-bond acceptors (Lipinski definition) is 2. The molecule has 0 spiro atoms. The second kappa shape index (κ2) is 7.73. The molecule has 66 valence electrons. The van der Waals surface area contributed by atoms with Crippen molar-refractivity contribution >= 4 is 5.78 Å². The molecule has 0 rings (SSSR count). The van der Waals surface area contributed by atoms with Gasteiger partial charge in [-0.05, 0) is 12.8 Å². The molecule has 0 aromatic heterocycles. The molecular formula is C9H18O2. The van der Waals surface area contributed by atoms with Crippen LogP contribution in [0.1, 0.15) is 45.4 Å². The van der Waals surface area contributed by atoms with Gasteiger partial charge < -0.3 is 5.11 Å². The van der Waals surface area contributed by atoms with Crippen molar-refractivity contribution in [2.75, 3.05) is 6.61 Å². The van der Waals surface area contributed by atoms with Gasteiger partial charge in [0.25, 0.3) is 0 Å². The van der Waals surface area contributed by atoms with Crippen molar-refractivity contribution in [3.05, 3.63) is 0 Å². The number of rotatable bonds is 7. The average Bonchev–Trinajstić information content (AvgIpc) is 2.04. The Hall–Kier alpha value is -0.370. The molecule has 0 radical (unpaired) electrons. The zero-order valence-electron chi connectivity index (χ0n) is 7.31. The van der Waals surface area contributed by atoms with Crippen LogP contribution in [0.15, 0.2) is 0 Å². The standard InChI is InChI=1S/C9H18O2/c1-2-9(11)7-5-3-4-6-8-10/h10H,2-8H2,1H3. The first-order valence-corrected chi connectivity index (χ1v) is 4.43. The Morgan fingerprint density at radius 3 is 2.36 bits per heavy atom. The second-order valence-electron chi connectivity index (χ2n) is 2.78. The molecule has 11 heavy (non-hydrogen) atoms. The third kappa shape index (κ3) is 7.53. The Morgan fingerprint density at radius 1 is 1.18 bits per heavy atom. The van der Waals surface area contributed by atoms with Crippen molar-refractivity contribution in [1.82, 2.24) is 0 Å². The van der Waals surface area contributed by atoms with E-state index in [9.17, 15) is 4.79 Å². The highest BCUT2D eigenvalue weighted by atomic mass is 16.2. The van der Waals surface area contributed by atoms with Crippen LogP contribution in [0.25, 0.3) is 0 Å². The largest absolute Gasteiger partial charge is 0.396 e. The first kappa shape index (κ1) is 10.6. The molecule has 0 aromatic carbocycles. The van der Waals surface area contributed by atoms with E-state index in [-0.39, 0.29) is 6.61 Å². The van der Waals surface area contributed by atoms with Gasteiger partial charge in [0.15, 0.2) is 0 Å². The lowest BCUT2D eigenvalue weighted by Gasteiger charge is -1.97. The van der Waals surface area contributed by atoms with Crippen molar-refractivity contribution in [1.29, 1.82) is 0 Å². The van der Waals surface area contributed by atoms with E-state index in [2.05, 4.69) is 0 Å². The topological polar surface area (TPSA) is 37.3 Å². The number of aliphatic hydroxyl groups excluding tert-OH is 1. The minimum absolute atomic E-state index is 0.279. The molecule has 2 nitrogen and oxygen atoms in total. The molecule has 0 unspecified atom stereocenters. The first-order valence-electron chi connectivity index (χ1n) is 4.43. The van der Waals surface area contributed by atoms with Gasteiger partial charge in [-0.25, -0.2) is 0 Å². The zero-order chi connectivity index (χ0) is 8.53. The SMILES string of the molecule is CCC(=O)CCCCCCO. The van der Waals surface area contributed by atoms with Gasteiger partial charge in [0.2, 0.25) is 0 Å². The van der Waals surface area contributed by atoms with Crippen LogP contribution in [0, 0.1) is 0 Å². The molecule has 0 aromatic rings. The number of carbonyl (C=O) groups is 1. The van der Waals surface area contributed by atoms with E-state index in [1.807, 2.05) is 6.92 Å². The summed E-state index contributed by atoms with van der Waals surface area (Å²) < 4.78 is 0. The summed E-state index contributed by atoms with van der Waals surface area (Å²) in [6.07, 6.45) is 5.38. The fourth-order valence-corrected chi connectivity index (χ4v) is 0.964. The summed E-state index contributed by atoms with van der Waals surface area (Å²) in [5, 5.41) is 8.45.